The highest BCUT2D eigenvalue weighted by atomic mass is 35.5. The number of carbonyl (C=O) groups excluding carboxylic acids is 1. The molecule has 1 saturated heterocycles. The molecule has 0 saturated carbocycles. The minimum Gasteiger partial charge on any atom is -0.497 e. The molecule has 0 aliphatic carbocycles. The van der Waals surface area contributed by atoms with Crippen molar-refractivity contribution < 1.29 is 9.53 Å². The molecular formula is C15H23ClN2O2. The van der Waals surface area contributed by atoms with Gasteiger partial charge in [0.15, 0.2) is 0 Å². The van der Waals surface area contributed by atoms with Gasteiger partial charge in [-0.3, -0.25) is 4.79 Å². The van der Waals surface area contributed by atoms with Crippen LogP contribution in [-0.2, 0) is 4.79 Å². The summed E-state index contributed by atoms with van der Waals surface area (Å²) in [5, 5.41) is 6.37. The highest BCUT2D eigenvalue weighted by Gasteiger charge is 2.22. The van der Waals surface area contributed by atoms with Gasteiger partial charge in [0.1, 0.15) is 5.75 Å². The van der Waals surface area contributed by atoms with Crippen molar-refractivity contribution in [1.29, 1.82) is 0 Å². The number of methoxy groups -OCH3 is 1. The van der Waals surface area contributed by atoms with E-state index < -0.39 is 0 Å². The van der Waals surface area contributed by atoms with Crippen molar-refractivity contribution >= 4 is 18.3 Å². The lowest BCUT2D eigenvalue weighted by atomic mass is 9.96. The van der Waals surface area contributed by atoms with Crippen LogP contribution >= 0.6 is 12.4 Å². The Morgan fingerprint density at radius 3 is 2.45 bits per heavy atom. The Morgan fingerprint density at radius 2 is 1.90 bits per heavy atom. The molecule has 1 atom stereocenters. The monoisotopic (exact) mass is 298 g/mol. The standard InChI is InChI=1S/C15H22N2O2.ClH/c1-11(12-3-5-14(19-2)6-4-12)17-15(18)13-7-9-16-10-8-13;/h3-6,11,13,16H,7-10H2,1-2H3,(H,17,18);1H. The minimum atomic E-state index is 0. The molecule has 5 heteroatoms. The number of rotatable bonds is 4. The van der Waals surface area contributed by atoms with Gasteiger partial charge in [-0.25, -0.2) is 0 Å². The second-order valence-electron chi connectivity index (χ2n) is 5.03. The van der Waals surface area contributed by atoms with Crippen LogP contribution in [0.3, 0.4) is 0 Å². The zero-order chi connectivity index (χ0) is 13.7. The minimum absolute atomic E-state index is 0. The first-order valence-electron chi connectivity index (χ1n) is 6.85. The van der Waals surface area contributed by atoms with Gasteiger partial charge >= 0.3 is 0 Å². The maximum absolute atomic E-state index is 12.1. The van der Waals surface area contributed by atoms with Crippen molar-refractivity contribution in [3.05, 3.63) is 29.8 Å². The Bertz CT molecular complexity index is 416. The third kappa shape index (κ3) is 4.39. The zero-order valence-corrected chi connectivity index (χ0v) is 12.8. The smallest absolute Gasteiger partial charge is 0.223 e. The Morgan fingerprint density at radius 1 is 1.30 bits per heavy atom. The number of amides is 1. The molecule has 1 unspecified atom stereocenters. The van der Waals surface area contributed by atoms with Crippen molar-refractivity contribution in [1.82, 2.24) is 10.6 Å². The van der Waals surface area contributed by atoms with E-state index in [1.807, 2.05) is 31.2 Å². The molecule has 112 valence electrons. The van der Waals surface area contributed by atoms with Crippen LogP contribution in [0.25, 0.3) is 0 Å². The average molecular weight is 299 g/mol. The van der Waals surface area contributed by atoms with Gasteiger partial charge in [-0.15, -0.1) is 12.4 Å². The number of ether oxygens (including phenoxy) is 1. The summed E-state index contributed by atoms with van der Waals surface area (Å²) in [6, 6.07) is 7.86. The molecule has 1 heterocycles. The summed E-state index contributed by atoms with van der Waals surface area (Å²) in [7, 11) is 1.65. The summed E-state index contributed by atoms with van der Waals surface area (Å²) in [6.07, 6.45) is 1.86. The van der Waals surface area contributed by atoms with Crippen LogP contribution in [0.1, 0.15) is 31.4 Å². The van der Waals surface area contributed by atoms with E-state index in [1.165, 1.54) is 0 Å². The predicted molar refractivity (Wildman–Crippen MR) is 82.4 cm³/mol. The fourth-order valence-electron chi connectivity index (χ4n) is 2.39. The maximum Gasteiger partial charge on any atom is 0.223 e. The third-order valence-electron chi connectivity index (χ3n) is 3.68. The largest absolute Gasteiger partial charge is 0.497 e. The van der Waals surface area contributed by atoms with Crippen LogP contribution in [-0.4, -0.2) is 26.1 Å². The van der Waals surface area contributed by atoms with Gasteiger partial charge in [-0.1, -0.05) is 12.1 Å². The number of benzene rings is 1. The molecule has 1 aromatic rings. The highest BCUT2D eigenvalue weighted by molar-refractivity contribution is 5.85. The van der Waals surface area contributed by atoms with Gasteiger partial charge in [0.2, 0.25) is 5.91 Å². The van der Waals surface area contributed by atoms with Gasteiger partial charge in [0.25, 0.3) is 0 Å². The van der Waals surface area contributed by atoms with E-state index in [1.54, 1.807) is 7.11 Å². The van der Waals surface area contributed by atoms with Gasteiger partial charge in [-0.05, 0) is 50.6 Å². The molecule has 1 aromatic carbocycles. The first kappa shape index (κ1) is 16.8. The van der Waals surface area contributed by atoms with Crippen LogP contribution in [0.2, 0.25) is 0 Å². The third-order valence-corrected chi connectivity index (χ3v) is 3.68. The molecule has 1 amide bonds. The quantitative estimate of drug-likeness (QED) is 0.897. The topological polar surface area (TPSA) is 50.4 Å². The lowest BCUT2D eigenvalue weighted by Gasteiger charge is -2.24. The second-order valence-corrected chi connectivity index (χ2v) is 5.03. The predicted octanol–water partition coefficient (Wildman–Crippen LogP) is 2.29. The van der Waals surface area contributed by atoms with E-state index in [4.69, 9.17) is 4.74 Å². The van der Waals surface area contributed by atoms with Gasteiger partial charge in [-0.2, -0.15) is 0 Å². The number of carbonyl (C=O) groups is 1. The molecule has 20 heavy (non-hydrogen) atoms. The van der Waals surface area contributed by atoms with Crippen molar-refractivity contribution in [2.24, 2.45) is 5.92 Å². The van der Waals surface area contributed by atoms with E-state index in [0.29, 0.717) is 0 Å². The summed E-state index contributed by atoms with van der Waals surface area (Å²) >= 11 is 0. The maximum atomic E-state index is 12.1. The van der Waals surface area contributed by atoms with Crippen LogP contribution in [0.15, 0.2) is 24.3 Å². The van der Waals surface area contributed by atoms with E-state index >= 15 is 0 Å². The fraction of sp³-hybridized carbons (Fsp3) is 0.533. The van der Waals surface area contributed by atoms with Crippen LogP contribution in [0.4, 0.5) is 0 Å². The van der Waals surface area contributed by atoms with E-state index in [0.717, 1.165) is 37.2 Å². The molecule has 0 radical (unpaired) electrons. The zero-order valence-electron chi connectivity index (χ0n) is 12.0. The molecule has 2 rings (SSSR count). The molecule has 2 N–H and O–H groups in total. The summed E-state index contributed by atoms with van der Waals surface area (Å²) < 4.78 is 5.13. The molecule has 0 aromatic heterocycles. The lowest BCUT2D eigenvalue weighted by molar-refractivity contribution is -0.126. The molecule has 0 spiro atoms. The van der Waals surface area contributed by atoms with Gasteiger partial charge in [0, 0.05) is 5.92 Å². The van der Waals surface area contributed by atoms with E-state index in [-0.39, 0.29) is 30.3 Å². The molecule has 0 bridgehead atoms. The normalized spacial score (nSPS) is 16.9. The summed E-state index contributed by atoms with van der Waals surface area (Å²) in [5.41, 5.74) is 1.10. The number of halogens is 1. The Hall–Kier alpha value is -1.26. The van der Waals surface area contributed by atoms with Crippen molar-refractivity contribution in [3.8, 4) is 5.75 Å². The van der Waals surface area contributed by atoms with Crippen LogP contribution < -0.4 is 15.4 Å². The Balaban J connectivity index is 0.00000200. The van der Waals surface area contributed by atoms with Gasteiger partial charge in [0.05, 0.1) is 13.2 Å². The highest BCUT2D eigenvalue weighted by Crippen LogP contribution is 2.19. The molecular weight excluding hydrogens is 276 g/mol. The number of piperidine rings is 1. The van der Waals surface area contributed by atoms with Gasteiger partial charge < -0.3 is 15.4 Å². The number of hydrogen-bond acceptors (Lipinski definition) is 3. The van der Waals surface area contributed by atoms with Crippen LogP contribution in [0.5, 0.6) is 5.75 Å². The number of nitrogens with one attached hydrogen (secondary N) is 2. The average Bonchev–Trinajstić information content (AvgIpc) is 2.48. The van der Waals surface area contributed by atoms with E-state index in [9.17, 15) is 4.79 Å². The molecule has 4 nitrogen and oxygen atoms in total. The SMILES string of the molecule is COc1ccc(C(C)NC(=O)C2CCNCC2)cc1.Cl. The Kier molecular flexibility index (Phi) is 6.82. The first-order chi connectivity index (χ1) is 9.20. The molecule has 1 aliphatic rings. The van der Waals surface area contributed by atoms with Crippen molar-refractivity contribution in [3.63, 3.8) is 0 Å². The molecule has 1 fully saturated rings. The summed E-state index contributed by atoms with van der Waals surface area (Å²) in [4.78, 5) is 12.1. The first-order valence-corrected chi connectivity index (χ1v) is 6.85. The van der Waals surface area contributed by atoms with Crippen LogP contribution in [0, 0.1) is 5.92 Å². The lowest BCUT2D eigenvalue weighted by Crippen LogP contribution is -2.39. The molecule has 1 aliphatic heterocycles. The summed E-state index contributed by atoms with van der Waals surface area (Å²) in [5.74, 6) is 1.16. The second kappa shape index (κ2) is 8.12. The Labute approximate surface area is 126 Å². The fourth-order valence-corrected chi connectivity index (χ4v) is 2.39. The van der Waals surface area contributed by atoms with Crippen molar-refractivity contribution in [2.45, 2.75) is 25.8 Å². The van der Waals surface area contributed by atoms with E-state index in [2.05, 4.69) is 10.6 Å². The number of hydrogen-bond donors (Lipinski definition) is 2. The van der Waals surface area contributed by atoms with Crippen molar-refractivity contribution in [2.75, 3.05) is 20.2 Å². The summed E-state index contributed by atoms with van der Waals surface area (Å²) in [6.45, 7) is 3.89.